The lowest BCUT2D eigenvalue weighted by molar-refractivity contribution is -0.206. The quantitative estimate of drug-likeness (QED) is 0.766. The van der Waals surface area contributed by atoms with Crippen molar-refractivity contribution >= 4 is 34.1 Å². The molecular weight excluding hydrogens is 393 g/mol. The van der Waals surface area contributed by atoms with Crippen LogP contribution in [0.5, 0.6) is 0 Å². The summed E-state index contributed by atoms with van der Waals surface area (Å²) in [5, 5.41) is 20.6. The van der Waals surface area contributed by atoms with Crippen molar-refractivity contribution in [2.45, 2.75) is 25.6 Å². The summed E-state index contributed by atoms with van der Waals surface area (Å²) in [6.45, 7) is 0.639. The Kier molecular flexibility index (Phi) is 6.79. The second kappa shape index (κ2) is 8.65. The van der Waals surface area contributed by atoms with Crippen molar-refractivity contribution in [2.75, 3.05) is 18.4 Å². The molecular formula is C15H16ClF3N4O2S. The Balaban J connectivity index is 1.97. The standard InChI is InChI=1S/C15H16ClF3N4O2S/c1-2-23(8-11(24)15(17,18)19)14(25)20-13-22-21-12(26-13)7-9-4-3-5-10(16)6-9/h3-6,11,24H,2,7-8H2,1H3,(H,20,22,25)/t11-/m1/s1. The number of amides is 2. The first kappa shape index (κ1) is 20.4. The van der Waals surface area contributed by atoms with Crippen LogP contribution in [0.15, 0.2) is 24.3 Å². The average Bonchev–Trinajstić information content (AvgIpc) is 2.98. The van der Waals surface area contributed by atoms with Gasteiger partial charge in [0.2, 0.25) is 5.13 Å². The van der Waals surface area contributed by atoms with Gasteiger partial charge in [-0.3, -0.25) is 5.32 Å². The second-order valence-corrected chi connectivity index (χ2v) is 6.83. The minimum Gasteiger partial charge on any atom is -0.382 e. The molecule has 2 amide bonds. The molecule has 0 aliphatic heterocycles. The molecule has 0 aliphatic carbocycles. The number of carbonyl (C=O) groups excluding carboxylic acids is 1. The van der Waals surface area contributed by atoms with E-state index in [2.05, 4.69) is 15.5 Å². The van der Waals surface area contributed by atoms with Crippen molar-refractivity contribution in [2.24, 2.45) is 0 Å². The van der Waals surface area contributed by atoms with Crippen molar-refractivity contribution in [3.63, 3.8) is 0 Å². The lowest BCUT2D eigenvalue weighted by Crippen LogP contribution is -2.45. The van der Waals surface area contributed by atoms with E-state index in [-0.39, 0.29) is 11.7 Å². The average molecular weight is 409 g/mol. The third-order valence-electron chi connectivity index (χ3n) is 3.37. The highest BCUT2D eigenvalue weighted by Gasteiger charge is 2.39. The number of likely N-dealkylation sites (N-methyl/N-ethyl adjacent to an activating group) is 1. The molecule has 1 atom stereocenters. The summed E-state index contributed by atoms with van der Waals surface area (Å²) < 4.78 is 37.3. The van der Waals surface area contributed by atoms with E-state index in [1.807, 2.05) is 6.07 Å². The summed E-state index contributed by atoms with van der Waals surface area (Å²) in [4.78, 5) is 12.9. The number of alkyl halides is 3. The third kappa shape index (κ3) is 5.82. The van der Waals surface area contributed by atoms with Crippen molar-refractivity contribution in [1.82, 2.24) is 15.1 Å². The molecule has 0 unspecified atom stereocenters. The van der Waals surface area contributed by atoms with Gasteiger partial charge in [0.1, 0.15) is 5.01 Å². The van der Waals surface area contributed by atoms with Gasteiger partial charge in [0.05, 0.1) is 6.54 Å². The monoisotopic (exact) mass is 408 g/mol. The van der Waals surface area contributed by atoms with E-state index in [4.69, 9.17) is 16.7 Å². The first-order valence-electron chi connectivity index (χ1n) is 7.56. The van der Waals surface area contributed by atoms with Crippen molar-refractivity contribution < 1.29 is 23.1 Å². The molecule has 0 saturated carbocycles. The highest BCUT2D eigenvalue weighted by Crippen LogP contribution is 2.22. The number of carbonyl (C=O) groups is 1. The summed E-state index contributed by atoms with van der Waals surface area (Å²) in [7, 11) is 0. The molecule has 0 fully saturated rings. The van der Waals surface area contributed by atoms with Crippen LogP contribution < -0.4 is 5.32 Å². The fourth-order valence-electron chi connectivity index (χ4n) is 2.04. The van der Waals surface area contributed by atoms with Crippen molar-refractivity contribution in [3.8, 4) is 0 Å². The van der Waals surface area contributed by atoms with Gasteiger partial charge in [-0.2, -0.15) is 13.2 Å². The zero-order chi connectivity index (χ0) is 19.3. The Bertz CT molecular complexity index is 756. The van der Waals surface area contributed by atoms with Crippen LogP contribution in [0.3, 0.4) is 0 Å². The lowest BCUT2D eigenvalue weighted by Gasteiger charge is -2.24. The summed E-state index contributed by atoms with van der Waals surface area (Å²) in [6.07, 6.45) is -6.94. The zero-order valence-electron chi connectivity index (χ0n) is 13.6. The largest absolute Gasteiger partial charge is 0.416 e. The van der Waals surface area contributed by atoms with Gasteiger partial charge in [-0.05, 0) is 24.6 Å². The molecule has 26 heavy (non-hydrogen) atoms. The number of benzene rings is 1. The van der Waals surface area contributed by atoms with Crippen LogP contribution in [0, 0.1) is 0 Å². The number of hydrogen-bond acceptors (Lipinski definition) is 5. The van der Waals surface area contributed by atoms with Gasteiger partial charge in [0, 0.05) is 18.0 Å². The molecule has 0 radical (unpaired) electrons. The Morgan fingerprint density at radius 1 is 1.42 bits per heavy atom. The van der Waals surface area contributed by atoms with Crippen LogP contribution in [-0.2, 0) is 6.42 Å². The molecule has 2 rings (SSSR count). The minimum atomic E-state index is -4.79. The Labute approximate surface area is 156 Å². The van der Waals surface area contributed by atoms with E-state index in [9.17, 15) is 18.0 Å². The summed E-state index contributed by atoms with van der Waals surface area (Å²) in [5.41, 5.74) is 0.912. The topological polar surface area (TPSA) is 78.4 Å². The maximum absolute atomic E-state index is 12.4. The van der Waals surface area contributed by atoms with Gasteiger partial charge >= 0.3 is 12.2 Å². The second-order valence-electron chi connectivity index (χ2n) is 5.33. The predicted octanol–water partition coefficient (Wildman–Crippen LogP) is 3.56. The van der Waals surface area contributed by atoms with E-state index >= 15 is 0 Å². The van der Waals surface area contributed by atoms with E-state index < -0.39 is 24.9 Å². The van der Waals surface area contributed by atoms with E-state index in [1.54, 1.807) is 18.2 Å². The van der Waals surface area contributed by atoms with Crippen LogP contribution in [0.1, 0.15) is 17.5 Å². The number of aromatic nitrogens is 2. The molecule has 0 saturated heterocycles. The molecule has 2 aromatic rings. The minimum absolute atomic E-state index is 0.00680. The first-order chi connectivity index (χ1) is 12.2. The Morgan fingerprint density at radius 3 is 2.77 bits per heavy atom. The molecule has 142 valence electrons. The number of anilines is 1. The molecule has 0 aliphatic rings. The van der Waals surface area contributed by atoms with Gasteiger partial charge in [0.15, 0.2) is 6.10 Å². The maximum atomic E-state index is 12.4. The molecule has 2 N–H and O–H groups in total. The number of halogens is 4. The van der Waals surface area contributed by atoms with Gasteiger partial charge in [-0.25, -0.2) is 4.79 Å². The summed E-state index contributed by atoms with van der Waals surface area (Å²) >= 11 is 7.02. The van der Waals surface area contributed by atoms with Crippen LogP contribution in [0.2, 0.25) is 5.02 Å². The van der Waals surface area contributed by atoms with Gasteiger partial charge in [-0.15, -0.1) is 10.2 Å². The molecule has 11 heteroatoms. The number of aliphatic hydroxyl groups excluding tert-OH is 1. The van der Waals surface area contributed by atoms with E-state index in [0.29, 0.717) is 16.5 Å². The Morgan fingerprint density at radius 2 is 2.15 bits per heavy atom. The number of nitrogens with zero attached hydrogens (tertiary/aromatic N) is 3. The fourth-order valence-corrected chi connectivity index (χ4v) is 3.01. The van der Waals surface area contributed by atoms with Gasteiger partial charge < -0.3 is 10.0 Å². The number of urea groups is 1. The van der Waals surface area contributed by atoms with E-state index in [1.165, 1.54) is 6.92 Å². The third-order valence-corrected chi connectivity index (χ3v) is 4.44. The fraction of sp³-hybridized carbons (Fsp3) is 0.400. The SMILES string of the molecule is CCN(C[C@@H](O)C(F)(F)F)C(=O)Nc1nnc(Cc2cccc(Cl)c2)s1. The Hall–Kier alpha value is -1.91. The van der Waals surface area contributed by atoms with Crippen LogP contribution >= 0.6 is 22.9 Å². The lowest BCUT2D eigenvalue weighted by atomic mass is 10.2. The van der Waals surface area contributed by atoms with Crippen molar-refractivity contribution in [1.29, 1.82) is 0 Å². The number of rotatable bonds is 6. The van der Waals surface area contributed by atoms with Crippen LogP contribution in [0.25, 0.3) is 0 Å². The molecule has 6 nitrogen and oxygen atoms in total. The molecule has 0 bridgehead atoms. The molecule has 1 aromatic carbocycles. The zero-order valence-corrected chi connectivity index (χ0v) is 15.2. The number of nitrogens with one attached hydrogen (secondary N) is 1. The number of aliphatic hydroxyl groups is 1. The van der Waals surface area contributed by atoms with Crippen LogP contribution in [0.4, 0.5) is 23.1 Å². The molecule has 1 heterocycles. The smallest absolute Gasteiger partial charge is 0.382 e. The van der Waals surface area contributed by atoms with Gasteiger partial charge in [-0.1, -0.05) is 35.1 Å². The highest BCUT2D eigenvalue weighted by molar-refractivity contribution is 7.15. The maximum Gasteiger partial charge on any atom is 0.416 e. The normalized spacial score (nSPS) is 12.7. The van der Waals surface area contributed by atoms with Crippen molar-refractivity contribution in [3.05, 3.63) is 39.9 Å². The summed E-state index contributed by atoms with van der Waals surface area (Å²) in [5.74, 6) is 0. The predicted molar refractivity (Wildman–Crippen MR) is 92.5 cm³/mol. The highest BCUT2D eigenvalue weighted by atomic mass is 35.5. The van der Waals surface area contributed by atoms with E-state index in [0.717, 1.165) is 21.8 Å². The first-order valence-corrected chi connectivity index (χ1v) is 8.76. The summed E-state index contributed by atoms with van der Waals surface area (Å²) in [6, 6.07) is 6.39. The number of hydrogen-bond donors (Lipinski definition) is 2. The van der Waals surface area contributed by atoms with Gasteiger partial charge in [0.25, 0.3) is 0 Å². The molecule has 1 aromatic heterocycles. The van der Waals surface area contributed by atoms with Crippen LogP contribution in [-0.4, -0.2) is 51.6 Å². The molecule has 0 spiro atoms.